The summed E-state index contributed by atoms with van der Waals surface area (Å²) in [7, 11) is 0. The van der Waals surface area contributed by atoms with E-state index in [9.17, 15) is 0 Å². The van der Waals surface area contributed by atoms with Crippen molar-refractivity contribution in [3.05, 3.63) is 44.4 Å². The van der Waals surface area contributed by atoms with Crippen LogP contribution in [0.5, 0.6) is 0 Å². The number of hydrogen-bond acceptors (Lipinski definition) is 1. The first-order valence-electron chi connectivity index (χ1n) is 4.08. The van der Waals surface area contributed by atoms with Crippen LogP contribution in [0.1, 0.15) is 23.3 Å². The van der Waals surface area contributed by atoms with Gasteiger partial charge in [0.2, 0.25) is 0 Å². The van der Waals surface area contributed by atoms with E-state index < -0.39 is 0 Å². The third kappa shape index (κ3) is 0.953. The van der Waals surface area contributed by atoms with E-state index in [-0.39, 0.29) is 12.2 Å². The maximum Gasteiger partial charge on any atom is 0.117 e. The Morgan fingerprint density at radius 1 is 0.923 bits per heavy atom. The highest BCUT2D eigenvalue weighted by atomic mass is 79.9. The van der Waals surface area contributed by atoms with Gasteiger partial charge in [-0.15, -0.1) is 0 Å². The molecule has 0 saturated heterocycles. The largest absolute Gasteiger partial charge is 0.355 e. The quantitative estimate of drug-likeness (QED) is 0.708. The van der Waals surface area contributed by atoms with Crippen molar-refractivity contribution < 1.29 is 4.74 Å². The maximum atomic E-state index is 5.80. The fourth-order valence-corrected chi connectivity index (χ4v) is 3.04. The molecule has 2 bridgehead atoms. The lowest BCUT2D eigenvalue weighted by atomic mass is 9.97. The Morgan fingerprint density at radius 3 is 1.85 bits per heavy atom. The van der Waals surface area contributed by atoms with Crippen LogP contribution in [0.25, 0.3) is 0 Å². The molecule has 3 heteroatoms. The van der Waals surface area contributed by atoms with Gasteiger partial charge in [-0.25, -0.2) is 0 Å². The molecule has 2 atom stereocenters. The van der Waals surface area contributed by atoms with Gasteiger partial charge in [-0.2, -0.15) is 0 Å². The van der Waals surface area contributed by atoms with Gasteiger partial charge < -0.3 is 4.74 Å². The topological polar surface area (TPSA) is 9.23 Å². The first-order valence-corrected chi connectivity index (χ1v) is 5.67. The Labute approximate surface area is 93.0 Å². The molecule has 0 amide bonds. The van der Waals surface area contributed by atoms with Gasteiger partial charge in [-0.3, -0.25) is 0 Å². The first-order chi connectivity index (χ1) is 6.29. The molecule has 2 aliphatic heterocycles. The molecule has 66 valence electrons. The molecular weight excluding hydrogens is 296 g/mol. The molecule has 0 aromatic heterocycles. The molecule has 0 N–H and O–H groups in total. The van der Waals surface area contributed by atoms with Gasteiger partial charge in [0.1, 0.15) is 12.2 Å². The molecule has 1 nitrogen and oxygen atoms in total. The average Bonchev–Trinajstić information content (AvgIpc) is 2.66. The number of ether oxygens (including phenoxy) is 1. The zero-order chi connectivity index (χ0) is 9.00. The fraction of sp³-hybridized carbons (Fsp3) is 0.200. The van der Waals surface area contributed by atoms with Crippen molar-refractivity contribution in [1.82, 2.24) is 0 Å². The van der Waals surface area contributed by atoms with Crippen molar-refractivity contribution in [3.8, 4) is 0 Å². The number of halogens is 2. The lowest BCUT2D eigenvalue weighted by Crippen LogP contribution is -1.97. The number of benzene rings is 1. The van der Waals surface area contributed by atoms with Gasteiger partial charge in [0.25, 0.3) is 0 Å². The molecule has 0 unspecified atom stereocenters. The minimum absolute atomic E-state index is 0.121. The van der Waals surface area contributed by atoms with Gasteiger partial charge in [0, 0.05) is 8.96 Å². The van der Waals surface area contributed by atoms with E-state index in [0.717, 1.165) is 8.96 Å². The molecule has 0 fully saturated rings. The Morgan fingerprint density at radius 2 is 1.38 bits per heavy atom. The Bertz CT molecular complexity index is 374. The van der Waals surface area contributed by atoms with Crippen LogP contribution in [0.4, 0.5) is 0 Å². The Kier molecular flexibility index (Phi) is 1.70. The second kappa shape index (κ2) is 2.69. The van der Waals surface area contributed by atoms with Crippen LogP contribution in [-0.4, -0.2) is 0 Å². The van der Waals surface area contributed by atoms with E-state index >= 15 is 0 Å². The van der Waals surface area contributed by atoms with Gasteiger partial charge in [-0.05, 0) is 11.1 Å². The van der Waals surface area contributed by atoms with Crippen molar-refractivity contribution >= 4 is 31.9 Å². The van der Waals surface area contributed by atoms with Crippen molar-refractivity contribution in [1.29, 1.82) is 0 Å². The van der Waals surface area contributed by atoms with E-state index in [0.29, 0.717) is 0 Å². The minimum atomic E-state index is 0.121. The van der Waals surface area contributed by atoms with Crippen molar-refractivity contribution in [2.45, 2.75) is 12.2 Å². The van der Waals surface area contributed by atoms with Crippen LogP contribution in [0, 0.1) is 0 Å². The van der Waals surface area contributed by atoms with Crippen molar-refractivity contribution in [3.63, 3.8) is 0 Å². The molecule has 13 heavy (non-hydrogen) atoms. The van der Waals surface area contributed by atoms with E-state index in [2.05, 4.69) is 56.1 Å². The third-order valence-electron chi connectivity index (χ3n) is 2.52. The van der Waals surface area contributed by atoms with Crippen LogP contribution in [0.3, 0.4) is 0 Å². The zero-order valence-electron chi connectivity index (χ0n) is 6.63. The van der Waals surface area contributed by atoms with E-state index in [1.54, 1.807) is 0 Å². The standard InChI is InChI=1S/C10H6Br2O/c11-7-8(12)10-6-4-2-1-3-5(6)9(7)13-10/h1-4,9-10H/t9-,10-/m0/s1. The summed E-state index contributed by atoms with van der Waals surface area (Å²) >= 11 is 7.08. The second-order valence-corrected chi connectivity index (χ2v) is 4.93. The van der Waals surface area contributed by atoms with Crippen molar-refractivity contribution in [2.75, 3.05) is 0 Å². The highest BCUT2D eigenvalue weighted by Gasteiger charge is 2.42. The average molecular weight is 302 g/mol. The fourth-order valence-electron chi connectivity index (χ4n) is 1.91. The highest BCUT2D eigenvalue weighted by Crippen LogP contribution is 2.57. The minimum Gasteiger partial charge on any atom is -0.355 e. The van der Waals surface area contributed by atoms with Crippen LogP contribution < -0.4 is 0 Å². The monoisotopic (exact) mass is 300 g/mol. The molecule has 3 rings (SSSR count). The SMILES string of the molecule is BrC1=C(Br)[C@H]2O[C@H]1c1ccccc12. The molecule has 0 saturated carbocycles. The van der Waals surface area contributed by atoms with Crippen molar-refractivity contribution in [2.24, 2.45) is 0 Å². The molecule has 0 aliphatic carbocycles. The molecule has 2 heterocycles. The third-order valence-corrected chi connectivity index (χ3v) is 4.74. The normalized spacial score (nSPS) is 29.7. The molecule has 1 aromatic rings. The van der Waals surface area contributed by atoms with Crippen LogP contribution in [0.2, 0.25) is 0 Å². The summed E-state index contributed by atoms with van der Waals surface area (Å²) in [6.07, 6.45) is 0.242. The Balaban J connectivity index is 2.24. The van der Waals surface area contributed by atoms with Gasteiger partial charge in [-0.1, -0.05) is 56.1 Å². The summed E-state index contributed by atoms with van der Waals surface area (Å²) in [5.74, 6) is 0. The van der Waals surface area contributed by atoms with E-state index in [1.807, 2.05) is 0 Å². The zero-order valence-corrected chi connectivity index (χ0v) is 9.80. The van der Waals surface area contributed by atoms with Gasteiger partial charge in [0.05, 0.1) is 0 Å². The highest BCUT2D eigenvalue weighted by molar-refractivity contribution is 9.14. The van der Waals surface area contributed by atoms with Gasteiger partial charge >= 0.3 is 0 Å². The van der Waals surface area contributed by atoms with E-state index in [1.165, 1.54) is 11.1 Å². The smallest absolute Gasteiger partial charge is 0.117 e. The Hall–Kier alpha value is -0.120. The van der Waals surface area contributed by atoms with Crippen LogP contribution in [-0.2, 0) is 4.74 Å². The lowest BCUT2D eigenvalue weighted by Gasteiger charge is -2.11. The molecule has 2 aliphatic rings. The molecule has 1 aromatic carbocycles. The maximum absolute atomic E-state index is 5.80. The summed E-state index contributed by atoms with van der Waals surface area (Å²) in [5.41, 5.74) is 2.59. The van der Waals surface area contributed by atoms with E-state index in [4.69, 9.17) is 4.74 Å². The first kappa shape index (κ1) is 8.21. The predicted octanol–water partition coefficient (Wildman–Crippen LogP) is 3.81. The molecular formula is C10H6Br2O. The summed E-state index contributed by atoms with van der Waals surface area (Å²) in [4.78, 5) is 0. The number of rotatable bonds is 0. The summed E-state index contributed by atoms with van der Waals surface area (Å²) < 4.78 is 8.07. The summed E-state index contributed by atoms with van der Waals surface area (Å²) in [6.45, 7) is 0. The number of fused-ring (bicyclic) bond motifs is 5. The molecule has 0 spiro atoms. The lowest BCUT2D eigenvalue weighted by molar-refractivity contribution is 0.0857. The van der Waals surface area contributed by atoms with Crippen LogP contribution in [0.15, 0.2) is 33.2 Å². The van der Waals surface area contributed by atoms with Gasteiger partial charge in [0.15, 0.2) is 0 Å². The van der Waals surface area contributed by atoms with Crippen LogP contribution >= 0.6 is 31.9 Å². The predicted molar refractivity (Wildman–Crippen MR) is 57.9 cm³/mol. The summed E-state index contributed by atoms with van der Waals surface area (Å²) in [5, 5.41) is 0. The summed E-state index contributed by atoms with van der Waals surface area (Å²) in [6, 6.07) is 8.36. The molecule has 0 radical (unpaired) electrons. The number of hydrogen-bond donors (Lipinski definition) is 0. The second-order valence-electron chi connectivity index (χ2n) is 3.22.